The van der Waals surface area contributed by atoms with Crippen molar-refractivity contribution < 1.29 is 4.79 Å². The number of ketones is 1. The minimum atomic E-state index is -0.0331. The van der Waals surface area contributed by atoms with Crippen LogP contribution in [0.5, 0.6) is 0 Å². The summed E-state index contributed by atoms with van der Waals surface area (Å²) in [5.41, 5.74) is 1.25. The Labute approximate surface area is 115 Å². The average molecular weight is 265 g/mol. The zero-order chi connectivity index (χ0) is 13.2. The van der Waals surface area contributed by atoms with E-state index in [4.69, 9.17) is 0 Å². The molecule has 2 aromatic heterocycles. The van der Waals surface area contributed by atoms with Crippen molar-refractivity contribution in [3.8, 4) is 0 Å². The van der Waals surface area contributed by atoms with Gasteiger partial charge in [-0.05, 0) is 23.6 Å². The summed E-state index contributed by atoms with van der Waals surface area (Å²) < 4.78 is 1.12. The molecule has 2 heterocycles. The molecule has 0 aliphatic carbocycles. The molecule has 3 heteroatoms. The fourth-order valence-corrected chi connectivity index (χ4v) is 2.94. The molecule has 3 rings (SSSR count). The maximum absolute atomic E-state index is 12.4. The number of allylic oxidation sites excluding steroid dienone is 1. The van der Waals surface area contributed by atoms with Crippen LogP contribution in [0.2, 0.25) is 0 Å². The summed E-state index contributed by atoms with van der Waals surface area (Å²) in [4.78, 5) is 17.1. The largest absolute Gasteiger partial charge is 0.288 e. The van der Waals surface area contributed by atoms with Crippen LogP contribution in [-0.2, 0) is 0 Å². The number of thiophene rings is 1. The van der Waals surface area contributed by atoms with Gasteiger partial charge >= 0.3 is 0 Å². The Hall–Kier alpha value is -2.26. The number of hydrogen-bond donors (Lipinski definition) is 0. The van der Waals surface area contributed by atoms with Crippen molar-refractivity contribution in [1.29, 1.82) is 0 Å². The standard InChI is InChI=1S/C16H11NOS/c1-11(13-6-4-8-17-10-13)16(18)15-9-12-5-2-3-7-14(12)19-15/h2-10H,1H2. The molecule has 0 N–H and O–H groups in total. The highest BCUT2D eigenvalue weighted by Crippen LogP contribution is 2.28. The van der Waals surface area contributed by atoms with Gasteiger partial charge in [-0.2, -0.15) is 0 Å². The second-order valence-electron chi connectivity index (χ2n) is 4.20. The molecule has 0 aliphatic rings. The number of aromatic nitrogens is 1. The summed E-state index contributed by atoms with van der Waals surface area (Å²) in [6.45, 7) is 3.89. The molecule has 0 bridgehead atoms. The molecule has 1 aromatic carbocycles. The van der Waals surface area contributed by atoms with Crippen LogP contribution in [0.15, 0.2) is 61.4 Å². The van der Waals surface area contributed by atoms with Gasteiger partial charge in [-0.1, -0.05) is 30.8 Å². The normalized spacial score (nSPS) is 10.5. The van der Waals surface area contributed by atoms with Crippen LogP contribution in [-0.4, -0.2) is 10.8 Å². The lowest BCUT2D eigenvalue weighted by molar-refractivity contribution is 0.106. The third-order valence-electron chi connectivity index (χ3n) is 2.93. The monoisotopic (exact) mass is 265 g/mol. The second-order valence-corrected chi connectivity index (χ2v) is 5.28. The minimum absolute atomic E-state index is 0.0331. The Bertz CT molecular complexity index is 726. The van der Waals surface area contributed by atoms with Crippen molar-refractivity contribution in [2.24, 2.45) is 0 Å². The van der Waals surface area contributed by atoms with Gasteiger partial charge < -0.3 is 0 Å². The lowest BCUT2D eigenvalue weighted by Gasteiger charge is -2.01. The minimum Gasteiger partial charge on any atom is -0.288 e. The number of carbonyl (C=O) groups is 1. The summed E-state index contributed by atoms with van der Waals surface area (Å²) >= 11 is 1.50. The average Bonchev–Trinajstić information content (AvgIpc) is 2.90. The third-order valence-corrected chi connectivity index (χ3v) is 4.05. The topological polar surface area (TPSA) is 30.0 Å². The fourth-order valence-electron chi connectivity index (χ4n) is 1.91. The molecule has 2 nitrogen and oxygen atoms in total. The van der Waals surface area contributed by atoms with Crippen molar-refractivity contribution in [1.82, 2.24) is 4.98 Å². The number of fused-ring (bicyclic) bond motifs is 1. The van der Waals surface area contributed by atoms with Crippen molar-refractivity contribution in [3.63, 3.8) is 0 Å². The molecule has 0 saturated carbocycles. The van der Waals surface area contributed by atoms with Gasteiger partial charge in [0.2, 0.25) is 5.78 Å². The maximum atomic E-state index is 12.4. The maximum Gasteiger partial charge on any atom is 0.203 e. The Kier molecular flexibility index (Phi) is 2.97. The highest BCUT2D eigenvalue weighted by atomic mass is 32.1. The van der Waals surface area contributed by atoms with Crippen molar-refractivity contribution in [2.45, 2.75) is 0 Å². The Balaban J connectivity index is 1.98. The number of hydrogen-bond acceptors (Lipinski definition) is 3. The van der Waals surface area contributed by atoms with Gasteiger partial charge in [0.1, 0.15) is 0 Å². The first-order valence-electron chi connectivity index (χ1n) is 5.88. The molecule has 0 unspecified atom stereocenters. The number of Topliss-reactive ketones (excluding diaryl/α,β-unsaturated/α-hetero) is 1. The van der Waals surface area contributed by atoms with Gasteiger partial charge in [0.05, 0.1) is 4.88 Å². The van der Waals surface area contributed by atoms with E-state index in [1.807, 2.05) is 36.4 Å². The Morgan fingerprint density at radius 2 is 2.00 bits per heavy atom. The number of nitrogens with zero attached hydrogens (tertiary/aromatic N) is 1. The number of pyridine rings is 1. The molecule has 3 aromatic rings. The third kappa shape index (κ3) is 2.20. The lowest BCUT2D eigenvalue weighted by atomic mass is 10.0. The van der Waals surface area contributed by atoms with Crippen LogP contribution < -0.4 is 0 Å². The van der Waals surface area contributed by atoms with Crippen LogP contribution in [0.25, 0.3) is 15.7 Å². The van der Waals surface area contributed by atoms with E-state index in [9.17, 15) is 4.79 Å². The summed E-state index contributed by atoms with van der Waals surface area (Å²) in [6.07, 6.45) is 3.34. The zero-order valence-corrected chi connectivity index (χ0v) is 11.0. The van der Waals surface area contributed by atoms with E-state index in [0.29, 0.717) is 5.57 Å². The molecule has 19 heavy (non-hydrogen) atoms. The number of carbonyl (C=O) groups excluding carboxylic acids is 1. The van der Waals surface area contributed by atoms with E-state index >= 15 is 0 Å². The Morgan fingerprint density at radius 3 is 2.74 bits per heavy atom. The Morgan fingerprint density at radius 1 is 1.16 bits per heavy atom. The van der Waals surface area contributed by atoms with Gasteiger partial charge in [-0.25, -0.2) is 0 Å². The highest BCUT2D eigenvalue weighted by molar-refractivity contribution is 7.21. The first-order chi connectivity index (χ1) is 9.25. The smallest absolute Gasteiger partial charge is 0.203 e. The van der Waals surface area contributed by atoms with Gasteiger partial charge in [-0.3, -0.25) is 9.78 Å². The van der Waals surface area contributed by atoms with Crippen LogP contribution >= 0.6 is 11.3 Å². The van der Waals surface area contributed by atoms with E-state index in [2.05, 4.69) is 11.6 Å². The van der Waals surface area contributed by atoms with E-state index in [1.54, 1.807) is 18.5 Å². The summed E-state index contributed by atoms with van der Waals surface area (Å²) in [5.74, 6) is -0.0331. The molecular weight excluding hydrogens is 254 g/mol. The number of benzene rings is 1. The SMILES string of the molecule is C=C(C(=O)c1cc2ccccc2s1)c1cccnc1. The summed E-state index contributed by atoms with van der Waals surface area (Å²) in [6, 6.07) is 13.5. The van der Waals surface area contributed by atoms with Gasteiger partial charge in [0, 0.05) is 28.2 Å². The van der Waals surface area contributed by atoms with Gasteiger partial charge in [0.25, 0.3) is 0 Å². The van der Waals surface area contributed by atoms with E-state index in [-0.39, 0.29) is 5.78 Å². The summed E-state index contributed by atoms with van der Waals surface area (Å²) in [7, 11) is 0. The molecule has 0 amide bonds. The summed E-state index contributed by atoms with van der Waals surface area (Å²) in [5, 5.41) is 1.09. The van der Waals surface area contributed by atoms with Crippen LogP contribution in [0, 0.1) is 0 Å². The molecule has 0 saturated heterocycles. The molecular formula is C16H11NOS. The lowest BCUT2D eigenvalue weighted by Crippen LogP contribution is -1.99. The molecule has 0 radical (unpaired) electrons. The zero-order valence-electron chi connectivity index (χ0n) is 10.2. The molecule has 0 fully saturated rings. The van der Waals surface area contributed by atoms with Crippen LogP contribution in [0.4, 0.5) is 0 Å². The first-order valence-corrected chi connectivity index (χ1v) is 6.70. The van der Waals surface area contributed by atoms with Crippen LogP contribution in [0.1, 0.15) is 15.2 Å². The molecule has 0 aliphatic heterocycles. The van der Waals surface area contributed by atoms with E-state index in [0.717, 1.165) is 20.5 Å². The van der Waals surface area contributed by atoms with E-state index in [1.165, 1.54) is 11.3 Å². The van der Waals surface area contributed by atoms with Gasteiger partial charge in [-0.15, -0.1) is 11.3 Å². The van der Waals surface area contributed by atoms with E-state index < -0.39 is 0 Å². The van der Waals surface area contributed by atoms with Crippen molar-refractivity contribution in [2.75, 3.05) is 0 Å². The predicted octanol–water partition coefficient (Wildman–Crippen LogP) is 4.19. The molecule has 0 atom stereocenters. The second kappa shape index (κ2) is 4.78. The fraction of sp³-hybridized carbons (Fsp3) is 0. The highest BCUT2D eigenvalue weighted by Gasteiger charge is 2.15. The quantitative estimate of drug-likeness (QED) is 0.525. The van der Waals surface area contributed by atoms with Gasteiger partial charge in [0.15, 0.2) is 0 Å². The van der Waals surface area contributed by atoms with Crippen molar-refractivity contribution in [3.05, 3.63) is 71.9 Å². The number of rotatable bonds is 3. The predicted molar refractivity (Wildman–Crippen MR) is 79.4 cm³/mol. The molecule has 0 spiro atoms. The van der Waals surface area contributed by atoms with Crippen molar-refractivity contribution >= 4 is 32.8 Å². The molecule has 92 valence electrons. The first kappa shape index (κ1) is 11.8. The van der Waals surface area contributed by atoms with Crippen LogP contribution in [0.3, 0.4) is 0 Å².